The zero-order valence-corrected chi connectivity index (χ0v) is 21.4. The van der Waals surface area contributed by atoms with Gasteiger partial charge in [-0.05, 0) is 103 Å². The topological polar surface area (TPSA) is 69.6 Å². The predicted molar refractivity (Wildman–Crippen MR) is 135 cm³/mol. The van der Waals surface area contributed by atoms with Crippen LogP contribution in [0.1, 0.15) is 84.1 Å². The Kier molecular flexibility index (Phi) is 6.61. The Balaban J connectivity index is 1.26. The molecule has 4 aliphatic carbocycles. The van der Waals surface area contributed by atoms with Crippen LogP contribution in [0.25, 0.3) is 0 Å². The van der Waals surface area contributed by atoms with Crippen LogP contribution >= 0.6 is 0 Å². The fourth-order valence-electron chi connectivity index (χ4n) is 9.48. The first-order valence-corrected chi connectivity index (χ1v) is 13.9. The van der Waals surface area contributed by atoms with Crippen LogP contribution in [0.5, 0.6) is 0 Å². The van der Waals surface area contributed by atoms with E-state index in [0.29, 0.717) is 48.5 Å². The van der Waals surface area contributed by atoms with Gasteiger partial charge in [-0.15, -0.1) is 0 Å². The molecular formula is C30H45NO3. The van der Waals surface area contributed by atoms with Crippen molar-refractivity contribution in [1.82, 2.24) is 5.32 Å². The smallest absolute Gasteiger partial charge is 0.220 e. The van der Waals surface area contributed by atoms with E-state index in [9.17, 15) is 15.0 Å². The summed E-state index contributed by atoms with van der Waals surface area (Å²) >= 11 is 0. The predicted octanol–water partition coefficient (Wildman–Crippen LogP) is 5.32. The summed E-state index contributed by atoms with van der Waals surface area (Å²) in [6, 6.07) is 10.1. The van der Waals surface area contributed by atoms with Gasteiger partial charge in [-0.25, -0.2) is 0 Å². The molecule has 1 amide bonds. The molecule has 0 aliphatic heterocycles. The van der Waals surface area contributed by atoms with E-state index in [1.54, 1.807) is 0 Å². The SMILES string of the molecule is C[C@H](CC(=O)NCc1ccccc1)[C@H]1CC[C@H]2[C@@H]3[C@H](O)C[C@@H]4C[C@H](O)CC[C@]4(C)[C@H]3CC[C@]12C. The first-order valence-electron chi connectivity index (χ1n) is 13.9. The highest BCUT2D eigenvalue weighted by molar-refractivity contribution is 5.76. The van der Waals surface area contributed by atoms with Crippen LogP contribution < -0.4 is 5.32 Å². The van der Waals surface area contributed by atoms with E-state index < -0.39 is 0 Å². The van der Waals surface area contributed by atoms with E-state index in [1.807, 2.05) is 18.2 Å². The third kappa shape index (κ3) is 4.13. The summed E-state index contributed by atoms with van der Waals surface area (Å²) in [4.78, 5) is 12.8. The van der Waals surface area contributed by atoms with Crippen molar-refractivity contribution in [2.45, 2.75) is 97.3 Å². The molecule has 0 spiro atoms. The van der Waals surface area contributed by atoms with Crippen LogP contribution in [0.15, 0.2) is 30.3 Å². The molecule has 0 saturated heterocycles. The molecule has 10 atom stereocenters. The molecule has 4 aliphatic rings. The molecule has 4 heteroatoms. The number of aliphatic hydroxyl groups is 2. The van der Waals surface area contributed by atoms with Crippen molar-refractivity contribution in [1.29, 1.82) is 0 Å². The minimum absolute atomic E-state index is 0.158. The zero-order chi connectivity index (χ0) is 24.1. The molecule has 4 fully saturated rings. The van der Waals surface area contributed by atoms with E-state index >= 15 is 0 Å². The highest BCUT2D eigenvalue weighted by Gasteiger charge is 2.62. The van der Waals surface area contributed by atoms with Crippen molar-refractivity contribution in [3.63, 3.8) is 0 Å². The molecule has 4 saturated carbocycles. The molecule has 0 bridgehead atoms. The average Bonchev–Trinajstić information content (AvgIpc) is 3.17. The number of fused-ring (bicyclic) bond motifs is 5. The van der Waals surface area contributed by atoms with Crippen molar-refractivity contribution >= 4 is 5.91 Å². The lowest BCUT2D eigenvalue weighted by molar-refractivity contribution is -0.174. The highest BCUT2D eigenvalue weighted by atomic mass is 16.3. The Labute approximate surface area is 205 Å². The summed E-state index contributed by atoms with van der Waals surface area (Å²) in [5.41, 5.74) is 1.63. The van der Waals surface area contributed by atoms with Crippen molar-refractivity contribution < 1.29 is 15.0 Å². The van der Waals surface area contributed by atoms with Crippen molar-refractivity contribution in [3.05, 3.63) is 35.9 Å². The standard InChI is InChI=1S/C30H45NO3/c1-19(15-27(34)31-18-20-7-5-4-6-8-20)23-9-10-24-28-25(12-14-30(23,24)3)29(2)13-11-22(32)16-21(29)17-26(28)33/h4-8,19,21-26,28,32-33H,9-18H2,1-3H3,(H,31,34)/t19-,21+,22-,23-,24+,25+,26-,28+,29+,30-/m1/s1. The van der Waals surface area contributed by atoms with Gasteiger partial charge >= 0.3 is 0 Å². The molecule has 1 aromatic carbocycles. The normalized spacial score (nSPS) is 44.4. The molecular weight excluding hydrogens is 422 g/mol. The Morgan fingerprint density at radius 2 is 1.71 bits per heavy atom. The van der Waals surface area contributed by atoms with Crippen LogP contribution in [0, 0.1) is 46.3 Å². The number of carbonyl (C=O) groups is 1. The molecule has 0 heterocycles. The number of benzene rings is 1. The van der Waals surface area contributed by atoms with Crippen LogP contribution in [-0.4, -0.2) is 28.3 Å². The van der Waals surface area contributed by atoms with Crippen LogP contribution in [0.3, 0.4) is 0 Å². The van der Waals surface area contributed by atoms with Crippen LogP contribution in [0.2, 0.25) is 0 Å². The van der Waals surface area contributed by atoms with Gasteiger partial charge in [-0.3, -0.25) is 4.79 Å². The molecule has 3 N–H and O–H groups in total. The second-order valence-electron chi connectivity index (χ2n) is 12.9. The molecule has 4 nitrogen and oxygen atoms in total. The summed E-state index contributed by atoms with van der Waals surface area (Å²) < 4.78 is 0. The minimum Gasteiger partial charge on any atom is -0.393 e. The number of nitrogens with one attached hydrogen (secondary N) is 1. The van der Waals surface area contributed by atoms with Gasteiger partial charge in [0.05, 0.1) is 12.2 Å². The lowest BCUT2D eigenvalue weighted by atomic mass is 9.43. The summed E-state index contributed by atoms with van der Waals surface area (Å²) in [6.45, 7) is 7.84. The quantitative estimate of drug-likeness (QED) is 0.549. The summed E-state index contributed by atoms with van der Waals surface area (Å²) in [7, 11) is 0. The maximum Gasteiger partial charge on any atom is 0.220 e. The van der Waals surface area contributed by atoms with Gasteiger partial charge in [0.15, 0.2) is 0 Å². The second kappa shape index (κ2) is 9.24. The number of aliphatic hydroxyl groups excluding tert-OH is 2. The van der Waals surface area contributed by atoms with E-state index in [-0.39, 0.29) is 28.9 Å². The van der Waals surface area contributed by atoms with Crippen LogP contribution in [0.4, 0.5) is 0 Å². The zero-order valence-electron chi connectivity index (χ0n) is 21.4. The molecule has 0 aromatic heterocycles. The maximum absolute atomic E-state index is 12.8. The Morgan fingerprint density at radius 3 is 2.47 bits per heavy atom. The highest BCUT2D eigenvalue weighted by Crippen LogP contribution is 2.68. The first kappa shape index (κ1) is 24.3. The van der Waals surface area contributed by atoms with E-state index in [0.717, 1.165) is 31.2 Å². The molecule has 188 valence electrons. The molecule has 0 unspecified atom stereocenters. The molecule has 5 rings (SSSR count). The summed E-state index contributed by atoms with van der Waals surface area (Å²) in [5, 5.41) is 24.8. The van der Waals surface area contributed by atoms with E-state index in [4.69, 9.17) is 0 Å². The molecule has 1 aromatic rings. The number of rotatable bonds is 5. The Morgan fingerprint density at radius 1 is 1.00 bits per heavy atom. The van der Waals surface area contributed by atoms with Gasteiger partial charge in [0, 0.05) is 13.0 Å². The number of hydrogen-bond donors (Lipinski definition) is 3. The average molecular weight is 468 g/mol. The van der Waals surface area contributed by atoms with E-state index in [1.165, 1.54) is 25.7 Å². The molecule has 34 heavy (non-hydrogen) atoms. The second-order valence-corrected chi connectivity index (χ2v) is 12.9. The van der Waals surface area contributed by atoms with Crippen LogP contribution in [-0.2, 0) is 11.3 Å². The summed E-state index contributed by atoms with van der Waals surface area (Å²) in [6.07, 6.45) is 8.74. The van der Waals surface area contributed by atoms with Crippen molar-refractivity contribution in [2.24, 2.45) is 46.3 Å². The Bertz CT molecular complexity index is 873. The van der Waals surface area contributed by atoms with E-state index in [2.05, 4.69) is 38.2 Å². The lowest BCUT2D eigenvalue weighted by Crippen LogP contribution is -2.58. The van der Waals surface area contributed by atoms with Gasteiger partial charge in [0.2, 0.25) is 5.91 Å². The monoisotopic (exact) mass is 467 g/mol. The third-order valence-electron chi connectivity index (χ3n) is 11.3. The van der Waals surface area contributed by atoms with Gasteiger partial charge in [0.1, 0.15) is 0 Å². The van der Waals surface area contributed by atoms with Gasteiger partial charge < -0.3 is 15.5 Å². The van der Waals surface area contributed by atoms with Crippen molar-refractivity contribution in [3.8, 4) is 0 Å². The molecule has 0 radical (unpaired) electrons. The fraction of sp³-hybridized carbons (Fsp3) is 0.767. The van der Waals surface area contributed by atoms with Gasteiger partial charge in [0.25, 0.3) is 0 Å². The number of amides is 1. The van der Waals surface area contributed by atoms with Gasteiger partial charge in [-0.1, -0.05) is 51.1 Å². The lowest BCUT2D eigenvalue weighted by Gasteiger charge is -2.62. The Hall–Kier alpha value is -1.39. The maximum atomic E-state index is 12.8. The largest absolute Gasteiger partial charge is 0.393 e. The van der Waals surface area contributed by atoms with Gasteiger partial charge in [-0.2, -0.15) is 0 Å². The van der Waals surface area contributed by atoms with Crippen molar-refractivity contribution in [2.75, 3.05) is 0 Å². The first-order chi connectivity index (χ1) is 16.2. The summed E-state index contributed by atoms with van der Waals surface area (Å²) in [5.74, 6) is 3.05. The minimum atomic E-state index is -0.235. The number of carbonyl (C=O) groups excluding carboxylic acids is 1. The fourth-order valence-corrected chi connectivity index (χ4v) is 9.48. The number of hydrogen-bond acceptors (Lipinski definition) is 3. The third-order valence-corrected chi connectivity index (χ3v) is 11.3.